The van der Waals surface area contributed by atoms with E-state index in [1.165, 1.54) is 29.7 Å². The average molecular weight is 308 g/mol. The number of rotatable bonds is 5. The first-order chi connectivity index (χ1) is 10.1. The molecule has 0 atom stereocenters. The second-order valence-electron chi connectivity index (χ2n) is 5.28. The SMILES string of the molecule is O=c1cc(NCC2CC2)cnn1Cc1cccc(Cl)c1F. The van der Waals surface area contributed by atoms with Crippen molar-refractivity contribution >= 4 is 17.3 Å². The summed E-state index contributed by atoms with van der Waals surface area (Å²) >= 11 is 5.73. The summed E-state index contributed by atoms with van der Waals surface area (Å²) in [5.74, 6) is 0.205. The van der Waals surface area contributed by atoms with Gasteiger partial charge in [-0.1, -0.05) is 23.7 Å². The molecule has 1 aliphatic carbocycles. The van der Waals surface area contributed by atoms with E-state index >= 15 is 0 Å². The fourth-order valence-corrected chi connectivity index (χ4v) is 2.26. The third-order valence-electron chi connectivity index (χ3n) is 3.51. The third kappa shape index (κ3) is 3.42. The van der Waals surface area contributed by atoms with Gasteiger partial charge in [-0.15, -0.1) is 0 Å². The minimum atomic E-state index is -0.510. The van der Waals surface area contributed by atoms with E-state index in [-0.39, 0.29) is 17.1 Å². The van der Waals surface area contributed by atoms with Crippen LogP contribution in [-0.2, 0) is 6.54 Å². The first-order valence-corrected chi connectivity index (χ1v) is 7.25. The van der Waals surface area contributed by atoms with Crippen molar-refractivity contribution in [3.05, 3.63) is 57.2 Å². The second-order valence-corrected chi connectivity index (χ2v) is 5.68. The summed E-state index contributed by atoms with van der Waals surface area (Å²) in [5.41, 5.74) is 0.778. The van der Waals surface area contributed by atoms with Crippen LogP contribution in [0.1, 0.15) is 18.4 Å². The van der Waals surface area contributed by atoms with E-state index in [9.17, 15) is 9.18 Å². The molecule has 1 heterocycles. The highest BCUT2D eigenvalue weighted by Gasteiger charge is 2.20. The molecule has 21 heavy (non-hydrogen) atoms. The summed E-state index contributed by atoms with van der Waals surface area (Å²) in [6, 6.07) is 6.20. The standard InChI is InChI=1S/C15H15ClFN3O/c16-13-3-1-2-11(15(13)17)9-20-14(21)6-12(8-19-20)18-7-10-4-5-10/h1-3,6,8,10,18H,4-5,7,9H2. The molecule has 0 unspecified atom stereocenters. The number of anilines is 1. The van der Waals surface area contributed by atoms with Gasteiger partial charge in [0.15, 0.2) is 0 Å². The fraction of sp³-hybridized carbons (Fsp3) is 0.333. The first-order valence-electron chi connectivity index (χ1n) is 6.87. The van der Waals surface area contributed by atoms with Crippen molar-refractivity contribution in [3.63, 3.8) is 0 Å². The number of hydrogen-bond acceptors (Lipinski definition) is 3. The number of benzene rings is 1. The highest BCUT2D eigenvalue weighted by molar-refractivity contribution is 6.30. The van der Waals surface area contributed by atoms with Crippen LogP contribution in [0.5, 0.6) is 0 Å². The Kier molecular flexibility index (Phi) is 3.92. The van der Waals surface area contributed by atoms with Crippen LogP contribution in [0.3, 0.4) is 0 Å². The van der Waals surface area contributed by atoms with E-state index in [4.69, 9.17) is 11.6 Å². The lowest BCUT2D eigenvalue weighted by atomic mass is 10.2. The van der Waals surface area contributed by atoms with Crippen LogP contribution in [-0.4, -0.2) is 16.3 Å². The summed E-state index contributed by atoms with van der Waals surface area (Å²) in [7, 11) is 0. The molecule has 1 N–H and O–H groups in total. The second kappa shape index (κ2) is 5.85. The minimum absolute atomic E-state index is 0.0447. The van der Waals surface area contributed by atoms with Gasteiger partial charge in [-0.3, -0.25) is 4.79 Å². The Hall–Kier alpha value is -1.88. The molecule has 1 aromatic heterocycles. The van der Waals surface area contributed by atoms with E-state index in [1.54, 1.807) is 18.3 Å². The Balaban J connectivity index is 1.76. The highest BCUT2D eigenvalue weighted by Crippen LogP contribution is 2.28. The molecule has 110 valence electrons. The maximum absolute atomic E-state index is 13.8. The van der Waals surface area contributed by atoms with Gasteiger partial charge in [0.2, 0.25) is 0 Å². The van der Waals surface area contributed by atoms with Crippen LogP contribution in [0, 0.1) is 11.7 Å². The number of nitrogens with zero attached hydrogens (tertiary/aromatic N) is 2. The Bertz CT molecular complexity index is 712. The summed E-state index contributed by atoms with van der Waals surface area (Å²) in [4.78, 5) is 12.0. The largest absolute Gasteiger partial charge is 0.383 e. The lowest BCUT2D eigenvalue weighted by Crippen LogP contribution is -2.23. The van der Waals surface area contributed by atoms with E-state index in [1.807, 2.05) is 0 Å². The first kappa shape index (κ1) is 14.1. The Morgan fingerprint density at radius 2 is 2.24 bits per heavy atom. The van der Waals surface area contributed by atoms with Crippen molar-refractivity contribution in [2.24, 2.45) is 5.92 Å². The quantitative estimate of drug-likeness (QED) is 0.924. The molecular weight excluding hydrogens is 293 g/mol. The third-order valence-corrected chi connectivity index (χ3v) is 3.80. The van der Waals surface area contributed by atoms with E-state index in [0.717, 1.165) is 6.54 Å². The van der Waals surface area contributed by atoms with Crippen LogP contribution in [0.2, 0.25) is 5.02 Å². The Morgan fingerprint density at radius 1 is 1.43 bits per heavy atom. The number of aromatic nitrogens is 2. The molecule has 0 radical (unpaired) electrons. The fourth-order valence-electron chi connectivity index (χ4n) is 2.07. The molecule has 6 heteroatoms. The zero-order valence-electron chi connectivity index (χ0n) is 11.4. The summed E-state index contributed by atoms with van der Waals surface area (Å²) in [6.45, 7) is 0.933. The molecule has 1 fully saturated rings. The van der Waals surface area contributed by atoms with Gasteiger partial charge in [0.05, 0.1) is 23.5 Å². The van der Waals surface area contributed by atoms with Crippen molar-refractivity contribution in [3.8, 4) is 0 Å². The molecule has 0 spiro atoms. The topological polar surface area (TPSA) is 46.9 Å². The Morgan fingerprint density at radius 3 is 2.95 bits per heavy atom. The van der Waals surface area contributed by atoms with Crippen LogP contribution in [0.15, 0.2) is 35.3 Å². The molecule has 0 saturated heterocycles. The van der Waals surface area contributed by atoms with Crippen LogP contribution in [0.4, 0.5) is 10.1 Å². The predicted octanol–water partition coefficient (Wildman–Crippen LogP) is 2.91. The van der Waals surface area contributed by atoms with Gasteiger partial charge in [-0.05, 0) is 24.8 Å². The maximum Gasteiger partial charge on any atom is 0.269 e. The molecule has 1 saturated carbocycles. The summed E-state index contributed by atoms with van der Waals surface area (Å²) < 4.78 is 15.0. The van der Waals surface area contributed by atoms with Gasteiger partial charge < -0.3 is 5.32 Å². The molecule has 4 nitrogen and oxygen atoms in total. The summed E-state index contributed by atoms with van der Waals surface area (Å²) in [6.07, 6.45) is 4.07. The number of halogens is 2. The van der Waals surface area contributed by atoms with Crippen LogP contribution < -0.4 is 10.9 Å². The van der Waals surface area contributed by atoms with Gasteiger partial charge in [-0.25, -0.2) is 9.07 Å². The minimum Gasteiger partial charge on any atom is -0.383 e. The molecule has 0 aliphatic heterocycles. The van der Waals surface area contributed by atoms with Crippen molar-refractivity contribution < 1.29 is 4.39 Å². The van der Waals surface area contributed by atoms with Crippen LogP contribution in [0.25, 0.3) is 0 Å². The smallest absolute Gasteiger partial charge is 0.269 e. The normalized spacial score (nSPS) is 14.2. The van der Waals surface area contributed by atoms with Crippen LogP contribution >= 0.6 is 11.6 Å². The summed E-state index contributed by atoms with van der Waals surface area (Å²) in [5, 5.41) is 7.31. The van der Waals surface area contributed by atoms with Crippen molar-refractivity contribution in [2.45, 2.75) is 19.4 Å². The zero-order chi connectivity index (χ0) is 14.8. The van der Waals surface area contributed by atoms with E-state index in [0.29, 0.717) is 17.2 Å². The highest BCUT2D eigenvalue weighted by atomic mass is 35.5. The van der Waals surface area contributed by atoms with Gasteiger partial charge in [0, 0.05) is 18.2 Å². The Labute approximate surface area is 126 Å². The molecule has 1 aromatic carbocycles. The zero-order valence-corrected chi connectivity index (χ0v) is 12.1. The molecule has 1 aliphatic rings. The van der Waals surface area contributed by atoms with E-state index < -0.39 is 5.82 Å². The molecular formula is C15H15ClFN3O. The molecule has 0 bridgehead atoms. The molecule has 3 rings (SSSR count). The van der Waals surface area contributed by atoms with E-state index in [2.05, 4.69) is 10.4 Å². The lowest BCUT2D eigenvalue weighted by Gasteiger charge is -2.09. The van der Waals surface area contributed by atoms with Crippen molar-refractivity contribution in [1.82, 2.24) is 9.78 Å². The lowest BCUT2D eigenvalue weighted by molar-refractivity contribution is 0.573. The number of nitrogens with one attached hydrogen (secondary N) is 1. The van der Waals surface area contributed by atoms with Gasteiger partial charge in [-0.2, -0.15) is 5.10 Å². The van der Waals surface area contributed by atoms with Crippen molar-refractivity contribution in [1.29, 1.82) is 0 Å². The maximum atomic E-state index is 13.8. The van der Waals surface area contributed by atoms with Gasteiger partial charge in [0.1, 0.15) is 5.82 Å². The average Bonchev–Trinajstić information content (AvgIpc) is 3.28. The van der Waals surface area contributed by atoms with Crippen molar-refractivity contribution in [2.75, 3.05) is 11.9 Å². The van der Waals surface area contributed by atoms with Gasteiger partial charge >= 0.3 is 0 Å². The predicted molar refractivity (Wildman–Crippen MR) is 80.2 cm³/mol. The molecule has 2 aromatic rings. The number of hydrogen-bond donors (Lipinski definition) is 1. The molecule has 0 amide bonds. The monoisotopic (exact) mass is 307 g/mol. The van der Waals surface area contributed by atoms with Gasteiger partial charge in [0.25, 0.3) is 5.56 Å².